The summed E-state index contributed by atoms with van der Waals surface area (Å²) in [5.74, 6) is 2.05. The van der Waals surface area contributed by atoms with E-state index in [9.17, 15) is 0 Å². The zero-order valence-corrected chi connectivity index (χ0v) is 22.0. The fourth-order valence-corrected chi connectivity index (χ4v) is 5.55. The Kier molecular flexibility index (Phi) is 7.02. The van der Waals surface area contributed by atoms with Gasteiger partial charge < -0.3 is 24.4 Å². The van der Waals surface area contributed by atoms with Crippen LogP contribution in [0.4, 0.5) is 17.3 Å². The molecule has 2 aromatic heterocycles. The van der Waals surface area contributed by atoms with E-state index in [1.165, 1.54) is 18.5 Å². The first kappa shape index (κ1) is 24.5. The normalized spacial score (nSPS) is 18.5. The summed E-state index contributed by atoms with van der Waals surface area (Å²) >= 11 is 0. The molecule has 0 saturated carbocycles. The molecule has 0 radical (unpaired) electrons. The molecular weight excluding hydrogens is 480 g/mol. The third-order valence-electron chi connectivity index (χ3n) is 7.54. The van der Waals surface area contributed by atoms with Crippen LogP contribution in [0.1, 0.15) is 12.8 Å². The molecule has 0 aliphatic carbocycles. The number of benzene rings is 2. The molecule has 2 aliphatic rings. The maximum atomic E-state index is 5.79. The molecule has 2 aromatic carbocycles. The second-order valence-electron chi connectivity index (χ2n) is 9.74. The SMILES string of the molecule is COc1cc(N2CCCC(N3CCOCC3)C2)ccc1Nc1ncc2ccc(-c3ccccc3OC)n2n1. The highest BCUT2D eigenvalue weighted by Crippen LogP contribution is 2.34. The zero-order valence-electron chi connectivity index (χ0n) is 22.0. The molecular formula is C29H34N6O3. The topological polar surface area (TPSA) is 76.4 Å². The lowest BCUT2D eigenvalue weighted by Gasteiger charge is -2.41. The number of nitrogens with one attached hydrogen (secondary N) is 1. The molecule has 0 bridgehead atoms. The number of methoxy groups -OCH3 is 2. The molecule has 2 saturated heterocycles. The Hall–Kier alpha value is -3.82. The van der Waals surface area contributed by atoms with E-state index in [4.69, 9.17) is 19.3 Å². The number of anilines is 3. The van der Waals surface area contributed by atoms with Gasteiger partial charge in [-0.15, -0.1) is 5.10 Å². The molecule has 1 unspecified atom stereocenters. The largest absolute Gasteiger partial charge is 0.496 e. The van der Waals surface area contributed by atoms with Crippen LogP contribution in [0.25, 0.3) is 16.8 Å². The summed E-state index contributed by atoms with van der Waals surface area (Å²) < 4.78 is 18.8. The second-order valence-corrected chi connectivity index (χ2v) is 9.74. The van der Waals surface area contributed by atoms with Gasteiger partial charge in [-0.2, -0.15) is 0 Å². The molecule has 198 valence electrons. The molecule has 4 heterocycles. The van der Waals surface area contributed by atoms with Crippen molar-refractivity contribution >= 4 is 22.8 Å². The highest BCUT2D eigenvalue weighted by Gasteiger charge is 2.27. The van der Waals surface area contributed by atoms with Crippen molar-refractivity contribution in [1.29, 1.82) is 0 Å². The second kappa shape index (κ2) is 10.9. The Labute approximate surface area is 222 Å². The number of piperidine rings is 1. The van der Waals surface area contributed by atoms with Crippen molar-refractivity contribution in [3.63, 3.8) is 0 Å². The summed E-state index contributed by atoms with van der Waals surface area (Å²) in [4.78, 5) is 9.60. The van der Waals surface area contributed by atoms with Gasteiger partial charge in [0.2, 0.25) is 5.95 Å². The van der Waals surface area contributed by atoms with Crippen LogP contribution in [-0.2, 0) is 4.74 Å². The number of hydrogen-bond acceptors (Lipinski definition) is 8. The van der Waals surface area contributed by atoms with Crippen LogP contribution in [0, 0.1) is 0 Å². The summed E-state index contributed by atoms with van der Waals surface area (Å²) in [5.41, 5.74) is 4.80. The molecule has 1 N–H and O–H groups in total. The van der Waals surface area contributed by atoms with E-state index in [0.29, 0.717) is 12.0 Å². The molecule has 4 aromatic rings. The number of rotatable bonds is 7. The highest BCUT2D eigenvalue weighted by atomic mass is 16.5. The van der Waals surface area contributed by atoms with E-state index < -0.39 is 0 Å². The monoisotopic (exact) mass is 514 g/mol. The average Bonchev–Trinajstić information content (AvgIpc) is 3.41. The lowest BCUT2D eigenvalue weighted by molar-refractivity contribution is 0.0137. The van der Waals surface area contributed by atoms with E-state index >= 15 is 0 Å². The lowest BCUT2D eigenvalue weighted by atomic mass is 10.0. The van der Waals surface area contributed by atoms with Crippen molar-refractivity contribution in [2.24, 2.45) is 0 Å². The quantitative estimate of drug-likeness (QED) is 0.388. The van der Waals surface area contributed by atoms with Crippen molar-refractivity contribution in [3.8, 4) is 22.8 Å². The third-order valence-corrected chi connectivity index (χ3v) is 7.54. The number of aromatic nitrogens is 3. The first-order chi connectivity index (χ1) is 18.7. The van der Waals surface area contributed by atoms with Gasteiger partial charge in [-0.3, -0.25) is 4.90 Å². The Morgan fingerprint density at radius 2 is 1.79 bits per heavy atom. The highest BCUT2D eigenvalue weighted by molar-refractivity contribution is 5.73. The molecule has 0 amide bonds. The number of para-hydroxylation sites is 1. The molecule has 2 fully saturated rings. The van der Waals surface area contributed by atoms with E-state index in [-0.39, 0.29) is 0 Å². The lowest BCUT2D eigenvalue weighted by Crippen LogP contribution is -2.51. The van der Waals surface area contributed by atoms with Gasteiger partial charge in [-0.05, 0) is 49.2 Å². The first-order valence-corrected chi connectivity index (χ1v) is 13.2. The average molecular weight is 515 g/mol. The van der Waals surface area contributed by atoms with Crippen molar-refractivity contribution in [2.45, 2.75) is 18.9 Å². The summed E-state index contributed by atoms with van der Waals surface area (Å²) in [6.07, 6.45) is 4.24. The first-order valence-electron chi connectivity index (χ1n) is 13.2. The van der Waals surface area contributed by atoms with Crippen LogP contribution >= 0.6 is 0 Å². The van der Waals surface area contributed by atoms with Gasteiger partial charge >= 0.3 is 0 Å². The van der Waals surface area contributed by atoms with Crippen LogP contribution in [0.5, 0.6) is 11.5 Å². The molecule has 6 rings (SSSR count). The zero-order chi connectivity index (χ0) is 25.9. The smallest absolute Gasteiger partial charge is 0.245 e. The van der Waals surface area contributed by atoms with E-state index in [2.05, 4.69) is 38.3 Å². The van der Waals surface area contributed by atoms with Crippen LogP contribution in [-0.4, -0.2) is 79.2 Å². The molecule has 0 spiro atoms. The van der Waals surface area contributed by atoms with Crippen LogP contribution < -0.4 is 19.7 Å². The summed E-state index contributed by atoms with van der Waals surface area (Å²) in [6.45, 7) is 5.79. The molecule has 9 heteroatoms. The van der Waals surface area contributed by atoms with E-state index in [1.807, 2.05) is 47.1 Å². The fourth-order valence-electron chi connectivity index (χ4n) is 5.55. The number of nitrogens with zero attached hydrogens (tertiary/aromatic N) is 5. The summed E-state index contributed by atoms with van der Waals surface area (Å²) in [7, 11) is 3.38. The Morgan fingerprint density at radius 1 is 0.947 bits per heavy atom. The molecule has 1 atom stereocenters. The van der Waals surface area contributed by atoms with Gasteiger partial charge in [-0.25, -0.2) is 9.50 Å². The van der Waals surface area contributed by atoms with Gasteiger partial charge in [0.15, 0.2) is 0 Å². The molecule has 9 nitrogen and oxygen atoms in total. The van der Waals surface area contributed by atoms with Gasteiger partial charge in [0.1, 0.15) is 11.5 Å². The van der Waals surface area contributed by atoms with E-state index in [0.717, 1.165) is 73.4 Å². The van der Waals surface area contributed by atoms with E-state index in [1.54, 1.807) is 14.2 Å². The third kappa shape index (κ3) is 4.87. The predicted molar refractivity (Wildman–Crippen MR) is 149 cm³/mol. The van der Waals surface area contributed by atoms with Gasteiger partial charge in [-0.1, -0.05) is 12.1 Å². The number of hydrogen-bond donors (Lipinski definition) is 1. The van der Waals surface area contributed by atoms with Crippen LogP contribution in [0.2, 0.25) is 0 Å². The minimum Gasteiger partial charge on any atom is -0.496 e. The number of ether oxygens (including phenoxy) is 3. The van der Waals surface area contributed by atoms with Gasteiger partial charge in [0.25, 0.3) is 0 Å². The van der Waals surface area contributed by atoms with Crippen molar-refractivity contribution < 1.29 is 14.2 Å². The van der Waals surface area contributed by atoms with Crippen LogP contribution in [0.3, 0.4) is 0 Å². The Bertz CT molecular complexity index is 1400. The van der Waals surface area contributed by atoms with Gasteiger partial charge in [0, 0.05) is 49.5 Å². The number of fused-ring (bicyclic) bond motifs is 1. The minimum absolute atomic E-state index is 0.487. The van der Waals surface area contributed by atoms with Crippen molar-refractivity contribution in [2.75, 3.05) is 63.8 Å². The van der Waals surface area contributed by atoms with Gasteiger partial charge in [0.05, 0.1) is 50.5 Å². The minimum atomic E-state index is 0.487. The predicted octanol–water partition coefficient (Wildman–Crippen LogP) is 4.46. The Morgan fingerprint density at radius 3 is 2.63 bits per heavy atom. The summed E-state index contributed by atoms with van der Waals surface area (Å²) in [6, 6.07) is 18.9. The number of morpholine rings is 1. The summed E-state index contributed by atoms with van der Waals surface area (Å²) in [5, 5.41) is 8.15. The fraction of sp³-hybridized carbons (Fsp3) is 0.379. The van der Waals surface area contributed by atoms with Crippen molar-refractivity contribution in [3.05, 3.63) is 60.8 Å². The Balaban J connectivity index is 1.23. The van der Waals surface area contributed by atoms with Crippen molar-refractivity contribution in [1.82, 2.24) is 19.5 Å². The maximum absolute atomic E-state index is 5.79. The molecule has 38 heavy (non-hydrogen) atoms. The standard InChI is InChI=1S/C29H34N6O3/c1-36-27-8-4-3-7-24(27)26-12-10-22-19-30-29(32-35(22)26)31-25-11-9-21(18-28(25)37-2)34-13-5-6-23(20-34)33-14-16-38-17-15-33/h3-4,7-12,18-19,23H,5-6,13-17,20H2,1-2H3,(H,31,32). The maximum Gasteiger partial charge on any atom is 0.245 e. The molecule has 2 aliphatic heterocycles. The van der Waals surface area contributed by atoms with Crippen LogP contribution in [0.15, 0.2) is 60.8 Å².